The van der Waals surface area contributed by atoms with Crippen LogP contribution >= 0.6 is 0 Å². The SMILES string of the molecule is C=C(/C=C(/C)C(=C)[S+](c1ccccc1)c1ccccc1)OCC(=O)OC1(C)C2CC3CC(C2)CC1C3.CC1(OC(=O)COc2ccc([S+](c3ccccc3)c3ccccc3)cc2)C2CC3CC(C2)CC1C3.CCC1(OC(=O)COc2c(C)cc([S+](c3ccccc3)c3ccccc3)cc2C)CCCCC1.Cc1cc([S+](c2ccccc2)c2ccccc2)cc(C)c1OCC(=O)OC1(C)C2CC3CC(C2)CC1C3. The average molecular weight is 1980 g/mol. The number of rotatable bonds is 31. The molecule has 24 rings (SSSR count). The van der Waals surface area contributed by atoms with Crippen molar-refractivity contribution in [1.82, 2.24) is 0 Å². The van der Waals surface area contributed by atoms with Gasteiger partial charge in [0.25, 0.3) is 0 Å². The maximum Gasteiger partial charge on any atom is 0.344 e. The monoisotopic (exact) mass is 1970 g/mol. The van der Waals surface area contributed by atoms with E-state index in [4.69, 9.17) is 37.9 Å². The summed E-state index contributed by atoms with van der Waals surface area (Å²) < 4.78 is 48.3. The van der Waals surface area contributed by atoms with Crippen LogP contribution in [0.4, 0.5) is 0 Å². The van der Waals surface area contributed by atoms with Crippen molar-refractivity contribution in [2.75, 3.05) is 26.4 Å². The van der Waals surface area contributed by atoms with Crippen LogP contribution in [-0.4, -0.2) is 72.7 Å². The van der Waals surface area contributed by atoms with Gasteiger partial charge in [-0.05, 0) is 411 Å². The van der Waals surface area contributed by atoms with E-state index in [-0.39, 0.29) is 116 Å². The van der Waals surface area contributed by atoms with Crippen LogP contribution in [0, 0.1) is 98.7 Å². The van der Waals surface area contributed by atoms with Crippen molar-refractivity contribution < 1.29 is 57.1 Å². The Bertz CT molecular complexity index is 5880. The average Bonchev–Trinajstić information content (AvgIpc) is 0.738. The van der Waals surface area contributed by atoms with Crippen LogP contribution in [0.15, 0.2) is 381 Å². The Balaban J connectivity index is 0.000000125. The van der Waals surface area contributed by atoms with Gasteiger partial charge in [-0.15, -0.1) is 0 Å². The first kappa shape index (κ1) is 101. The van der Waals surface area contributed by atoms with E-state index < -0.39 is 0 Å². The lowest BCUT2D eigenvalue weighted by Crippen LogP contribution is -2.58. The van der Waals surface area contributed by atoms with E-state index in [0.29, 0.717) is 47.0 Å². The molecule has 13 aliphatic rings. The van der Waals surface area contributed by atoms with Gasteiger partial charge < -0.3 is 37.9 Å². The van der Waals surface area contributed by atoms with Gasteiger partial charge in [-0.2, -0.15) is 0 Å². The van der Waals surface area contributed by atoms with Gasteiger partial charge in [0.05, 0.1) is 43.6 Å². The van der Waals surface area contributed by atoms with Crippen LogP contribution in [0.3, 0.4) is 0 Å². The standard InChI is InChI=1S/C33H37O3S.C32H37O3S.C31H33O3S.C30H35O3S/c1-22-14-30(37(28-10-6-4-7-11-28)29-12-8-5-9-13-29)15-23(2)32(22)35-21-31(34)36-33(3)26-17-24-16-25(19-26)20-27(33)18-24;1-22(24(3)36(29-11-7-5-8-12-29)30-13-9-6-10-14-30)15-23(2)34-21-31(33)35-32(4)27-17-25-16-26(19-27)20-28(32)18-25;1-31(24-17-22-16-23(19-24)20-25(31)18-22)34-30(32)21-33-26-12-14-29(15-13-26)35(27-8-4-2-5-9-27)28-10-6-3-7-11-28;1-4-30(18-12-7-13-19-30)33-28(31)22-32-29-23(2)20-27(21-24(29)3)34(25-14-8-5-9-15-25)26-16-10-6-11-17-26/h4-15,24-27H,16-21H2,1-3H3;5-15,25-28H,2-3,16-21H2,1,4H3;2-15,22-25H,16-21H2,1H3;5-6,8-11,14-17,20-21H,4,7,12-13,18-19,22H2,1-3H3/q4*+1/b;22-15-;;. The lowest BCUT2D eigenvalue weighted by molar-refractivity contribution is -0.206. The number of esters is 4. The minimum Gasteiger partial charge on any atom is -0.483 e. The third-order valence-corrected chi connectivity index (χ3v) is 41.6. The predicted molar refractivity (Wildman–Crippen MR) is 571 cm³/mol. The highest BCUT2D eigenvalue weighted by molar-refractivity contribution is 8.01. The first-order valence-corrected chi connectivity index (χ1v) is 56.9. The smallest absolute Gasteiger partial charge is 0.344 e. The molecule has 0 N–H and O–H groups in total. The Morgan fingerprint density at radius 1 is 0.317 bits per heavy atom. The Kier molecular flexibility index (Phi) is 32.5. The van der Waals surface area contributed by atoms with Gasteiger partial charge in [0.15, 0.2) is 85.2 Å². The molecule has 738 valence electrons. The lowest BCUT2D eigenvalue weighted by atomic mass is 9.50. The molecule has 0 atom stereocenters. The first-order valence-electron chi connectivity index (χ1n) is 52.0. The number of carbonyl (C=O) groups excluding carboxylic acids is 4. The zero-order chi connectivity index (χ0) is 98.7. The molecule has 16 heteroatoms. The fourth-order valence-electron chi connectivity index (χ4n) is 26.0. The molecule has 12 bridgehead atoms. The van der Waals surface area contributed by atoms with Crippen LogP contribution in [0.2, 0.25) is 0 Å². The van der Waals surface area contributed by atoms with Crippen molar-refractivity contribution in [3.8, 4) is 17.2 Å². The topological polar surface area (TPSA) is 142 Å². The summed E-state index contributed by atoms with van der Waals surface area (Å²) in [5, 5.41) is 0. The molecule has 0 spiro atoms. The predicted octanol–water partition coefficient (Wildman–Crippen LogP) is 29.4. The summed E-state index contributed by atoms with van der Waals surface area (Å²) in [6, 6.07) is 102. The first-order chi connectivity index (χ1) is 68.8. The van der Waals surface area contributed by atoms with Crippen LogP contribution in [-0.2, 0) is 86.4 Å². The molecule has 0 radical (unpaired) electrons. The number of allylic oxidation sites excluding steroid dienone is 2. The summed E-state index contributed by atoms with van der Waals surface area (Å²) in [7, 11) is -0.946. The van der Waals surface area contributed by atoms with E-state index in [1.165, 1.54) is 157 Å². The van der Waals surface area contributed by atoms with Gasteiger partial charge in [-0.3, -0.25) is 0 Å². The van der Waals surface area contributed by atoms with Crippen LogP contribution in [0.1, 0.15) is 192 Å². The van der Waals surface area contributed by atoms with Crippen molar-refractivity contribution in [3.63, 3.8) is 0 Å². The van der Waals surface area contributed by atoms with Crippen molar-refractivity contribution in [3.05, 3.63) is 349 Å². The number of hydrogen-bond acceptors (Lipinski definition) is 12. The molecule has 142 heavy (non-hydrogen) atoms. The second-order valence-corrected chi connectivity index (χ2v) is 50.4. The Morgan fingerprint density at radius 3 is 0.859 bits per heavy atom. The van der Waals surface area contributed by atoms with Crippen molar-refractivity contribution in [2.24, 2.45) is 71.0 Å². The largest absolute Gasteiger partial charge is 0.483 e. The van der Waals surface area contributed by atoms with Gasteiger partial charge in [0, 0.05) is 29.8 Å². The molecule has 13 fully saturated rings. The van der Waals surface area contributed by atoms with Gasteiger partial charge >= 0.3 is 23.9 Å². The molecule has 13 saturated carbocycles. The van der Waals surface area contributed by atoms with Crippen molar-refractivity contribution in [2.45, 2.75) is 273 Å². The zero-order valence-electron chi connectivity index (χ0n) is 84.3. The third-order valence-electron chi connectivity index (χ3n) is 32.7. The van der Waals surface area contributed by atoms with E-state index in [1.807, 2.05) is 37.3 Å². The van der Waals surface area contributed by atoms with E-state index in [0.717, 1.165) is 112 Å². The Morgan fingerprint density at radius 2 is 0.570 bits per heavy atom. The van der Waals surface area contributed by atoms with E-state index in [9.17, 15) is 19.2 Å². The summed E-state index contributed by atoms with van der Waals surface area (Å²) in [5.41, 5.74) is 3.89. The molecule has 11 aromatic carbocycles. The molecule has 0 aromatic heterocycles. The second kappa shape index (κ2) is 45.6. The minimum absolute atomic E-state index is 0.0357. The maximum atomic E-state index is 13.0. The number of benzene rings is 11. The van der Waals surface area contributed by atoms with Gasteiger partial charge in [0.2, 0.25) is 0 Å². The molecular weight excluding hydrogens is 1830 g/mol. The normalized spacial score (nSPS) is 25.3. The van der Waals surface area contributed by atoms with Crippen molar-refractivity contribution in [1.29, 1.82) is 0 Å². The summed E-state index contributed by atoms with van der Waals surface area (Å²) in [6.45, 7) is 27.2. The van der Waals surface area contributed by atoms with E-state index in [1.54, 1.807) is 0 Å². The van der Waals surface area contributed by atoms with Gasteiger partial charge in [-0.25, -0.2) is 19.2 Å². The number of aryl methyl sites for hydroxylation is 4. The fourth-order valence-corrected chi connectivity index (χ4v) is 34.7. The second-order valence-electron chi connectivity index (χ2n) is 42.3. The number of ether oxygens (including phenoxy) is 8. The molecule has 0 heterocycles. The fraction of sp³-hybridized carbons (Fsp3) is 0.397. The minimum atomic E-state index is -0.338. The zero-order valence-corrected chi connectivity index (χ0v) is 87.6. The molecule has 0 saturated heterocycles. The Labute approximate surface area is 855 Å². The lowest BCUT2D eigenvalue weighted by Gasteiger charge is -2.59. The van der Waals surface area contributed by atoms with Crippen LogP contribution < -0.4 is 14.2 Å². The van der Waals surface area contributed by atoms with Gasteiger partial charge in [-0.1, -0.05) is 166 Å². The highest BCUT2D eigenvalue weighted by Gasteiger charge is 2.60. The molecule has 13 aliphatic carbocycles. The highest BCUT2D eigenvalue weighted by atomic mass is 32.2. The summed E-state index contributed by atoms with van der Waals surface area (Å²) in [6.07, 6.45) is 27.0. The summed E-state index contributed by atoms with van der Waals surface area (Å²) in [4.78, 5) is 66.2. The van der Waals surface area contributed by atoms with Gasteiger partial charge in [0.1, 0.15) is 45.4 Å². The highest BCUT2D eigenvalue weighted by Crippen LogP contribution is 2.63. The van der Waals surface area contributed by atoms with Crippen molar-refractivity contribution >= 4 is 67.5 Å². The maximum absolute atomic E-state index is 13.0. The van der Waals surface area contributed by atoms with E-state index in [2.05, 4.69) is 335 Å². The molecule has 12 nitrogen and oxygen atoms in total. The summed E-state index contributed by atoms with van der Waals surface area (Å²) >= 11 is 0. The molecule has 0 unspecified atom stereocenters. The van der Waals surface area contributed by atoms with Crippen LogP contribution in [0.25, 0.3) is 0 Å². The molecule has 0 aliphatic heterocycles. The van der Waals surface area contributed by atoms with E-state index >= 15 is 0 Å². The summed E-state index contributed by atoms with van der Waals surface area (Å²) in [5.74, 6) is 9.88. The quantitative estimate of drug-likeness (QED) is 0.0134. The number of hydrogen-bond donors (Lipinski definition) is 0. The molecule has 0 amide bonds. The van der Waals surface area contributed by atoms with Crippen LogP contribution in [0.5, 0.6) is 17.2 Å². The Hall–Kier alpha value is -10.9. The third kappa shape index (κ3) is 23.5. The number of carbonyl (C=O) groups is 4. The molecular formula is C126H142O12S4+4. The molecule has 11 aromatic rings.